The molecule has 17 heavy (non-hydrogen) atoms. The van der Waals surface area contributed by atoms with Gasteiger partial charge >= 0.3 is 12.4 Å². The minimum absolute atomic E-state index is 0.314. The zero-order chi connectivity index (χ0) is 12.7. The Morgan fingerprint density at radius 3 is 2.82 bits per heavy atom. The Morgan fingerprint density at radius 1 is 1.47 bits per heavy atom. The van der Waals surface area contributed by atoms with Crippen LogP contribution in [0.15, 0.2) is 30.3 Å². The first-order valence-corrected chi connectivity index (χ1v) is 5.10. The number of hydrogen-bond donors (Lipinski definition) is 2. The Hall–Kier alpha value is -1.85. The van der Waals surface area contributed by atoms with Crippen LogP contribution in [0.1, 0.15) is 12.5 Å². The van der Waals surface area contributed by atoms with Crippen LogP contribution in [-0.2, 0) is 9.53 Å². The van der Waals surface area contributed by atoms with Crippen LogP contribution in [0.3, 0.4) is 0 Å². The molecule has 0 saturated heterocycles. The standard InChI is InChI=1S/C12H14O5/c1-2-16-12(15)17-10-6-4-3-5-9(10)7-8-11(13)14/h3-8,12,15H,2H2,1H3,(H,13,14)/b8-7+. The van der Waals surface area contributed by atoms with Crippen molar-refractivity contribution in [2.45, 2.75) is 13.4 Å². The highest BCUT2D eigenvalue weighted by Crippen LogP contribution is 2.20. The summed E-state index contributed by atoms with van der Waals surface area (Å²) in [5, 5.41) is 17.8. The van der Waals surface area contributed by atoms with E-state index in [1.807, 2.05) is 0 Å². The number of ether oxygens (including phenoxy) is 2. The fourth-order valence-corrected chi connectivity index (χ4v) is 1.17. The van der Waals surface area contributed by atoms with Gasteiger partial charge in [0.2, 0.25) is 0 Å². The molecule has 1 aromatic rings. The summed E-state index contributed by atoms with van der Waals surface area (Å²) in [5.74, 6) is -0.698. The van der Waals surface area contributed by atoms with Gasteiger partial charge in [-0.15, -0.1) is 0 Å². The minimum atomic E-state index is -1.36. The van der Waals surface area contributed by atoms with Gasteiger partial charge in [-0.2, -0.15) is 0 Å². The van der Waals surface area contributed by atoms with Crippen molar-refractivity contribution in [2.75, 3.05) is 6.61 Å². The summed E-state index contributed by atoms with van der Waals surface area (Å²) in [7, 11) is 0. The number of para-hydroxylation sites is 1. The first-order valence-electron chi connectivity index (χ1n) is 5.10. The Labute approximate surface area is 98.9 Å². The summed E-state index contributed by atoms with van der Waals surface area (Å²) >= 11 is 0. The van der Waals surface area contributed by atoms with E-state index in [9.17, 15) is 9.90 Å². The second-order valence-corrected chi connectivity index (χ2v) is 3.09. The molecule has 0 saturated carbocycles. The smallest absolute Gasteiger partial charge is 0.328 e. The molecule has 0 fully saturated rings. The molecule has 0 radical (unpaired) electrons. The molecule has 2 N–H and O–H groups in total. The van der Waals surface area contributed by atoms with Gasteiger partial charge in [0.1, 0.15) is 5.75 Å². The monoisotopic (exact) mass is 238 g/mol. The molecule has 92 valence electrons. The molecule has 1 unspecified atom stereocenters. The molecule has 0 aliphatic heterocycles. The van der Waals surface area contributed by atoms with Gasteiger partial charge in [0.05, 0.1) is 6.61 Å². The lowest BCUT2D eigenvalue weighted by Crippen LogP contribution is -2.19. The van der Waals surface area contributed by atoms with Crippen LogP contribution in [-0.4, -0.2) is 29.3 Å². The predicted octanol–water partition coefficient (Wildman–Crippen LogP) is 1.48. The highest BCUT2D eigenvalue weighted by molar-refractivity contribution is 5.85. The maximum Gasteiger partial charge on any atom is 0.328 e. The molecular weight excluding hydrogens is 224 g/mol. The molecule has 1 aromatic carbocycles. The third kappa shape index (κ3) is 4.67. The summed E-state index contributed by atoms with van der Waals surface area (Å²) in [4.78, 5) is 10.4. The van der Waals surface area contributed by atoms with Crippen LogP contribution in [0.5, 0.6) is 5.75 Å². The normalized spacial score (nSPS) is 12.6. The quantitative estimate of drug-likeness (QED) is 0.580. The Kier molecular flexibility index (Phi) is 5.19. The Balaban J connectivity index is 2.80. The van der Waals surface area contributed by atoms with E-state index >= 15 is 0 Å². The second-order valence-electron chi connectivity index (χ2n) is 3.09. The summed E-state index contributed by atoms with van der Waals surface area (Å²) in [6, 6.07) is 6.74. The molecule has 0 heterocycles. The van der Waals surface area contributed by atoms with E-state index in [1.54, 1.807) is 31.2 Å². The number of carboxylic acid groups (broad SMARTS) is 1. The number of hydrogen-bond acceptors (Lipinski definition) is 4. The van der Waals surface area contributed by atoms with E-state index < -0.39 is 12.4 Å². The highest BCUT2D eigenvalue weighted by Gasteiger charge is 2.07. The molecule has 0 amide bonds. The van der Waals surface area contributed by atoms with E-state index in [2.05, 4.69) is 0 Å². The van der Waals surface area contributed by atoms with Gasteiger partial charge in [0.25, 0.3) is 0 Å². The number of carbonyl (C=O) groups is 1. The SMILES string of the molecule is CCOC(O)Oc1ccccc1/C=C/C(=O)O. The number of benzene rings is 1. The first kappa shape index (κ1) is 13.2. The molecule has 0 aliphatic carbocycles. The summed E-state index contributed by atoms with van der Waals surface area (Å²) < 4.78 is 9.93. The molecule has 0 bridgehead atoms. The van der Waals surface area contributed by atoms with E-state index in [4.69, 9.17) is 14.6 Å². The van der Waals surface area contributed by atoms with Crippen molar-refractivity contribution in [3.63, 3.8) is 0 Å². The zero-order valence-electron chi connectivity index (χ0n) is 9.37. The fraction of sp³-hybridized carbons (Fsp3) is 0.250. The van der Waals surface area contributed by atoms with Crippen LogP contribution < -0.4 is 4.74 Å². The molecule has 0 aliphatic rings. The van der Waals surface area contributed by atoms with Gasteiger partial charge in [0.15, 0.2) is 0 Å². The van der Waals surface area contributed by atoms with Crippen LogP contribution in [0, 0.1) is 0 Å². The number of carboxylic acids is 1. The van der Waals surface area contributed by atoms with Crippen LogP contribution in [0.4, 0.5) is 0 Å². The molecule has 0 aromatic heterocycles. The van der Waals surface area contributed by atoms with Gasteiger partial charge in [-0.3, -0.25) is 0 Å². The molecule has 5 heteroatoms. The van der Waals surface area contributed by atoms with Crippen molar-refractivity contribution >= 4 is 12.0 Å². The summed E-state index contributed by atoms with van der Waals surface area (Å²) in [6.07, 6.45) is 2.38. The second kappa shape index (κ2) is 6.67. The highest BCUT2D eigenvalue weighted by atomic mass is 16.8. The minimum Gasteiger partial charge on any atom is -0.478 e. The first-order chi connectivity index (χ1) is 8.13. The predicted molar refractivity (Wildman–Crippen MR) is 61.4 cm³/mol. The van der Waals surface area contributed by atoms with Crippen molar-refractivity contribution in [1.82, 2.24) is 0 Å². The van der Waals surface area contributed by atoms with Crippen LogP contribution in [0.25, 0.3) is 6.08 Å². The maximum atomic E-state index is 10.4. The molecule has 1 atom stereocenters. The van der Waals surface area contributed by atoms with Crippen LogP contribution >= 0.6 is 0 Å². The van der Waals surface area contributed by atoms with Crippen molar-refractivity contribution in [3.05, 3.63) is 35.9 Å². The Bertz CT molecular complexity index is 400. The number of aliphatic hydroxyl groups excluding tert-OH is 1. The molecule has 0 spiro atoms. The van der Waals surface area contributed by atoms with Crippen molar-refractivity contribution < 1.29 is 24.5 Å². The van der Waals surface area contributed by atoms with Gasteiger partial charge in [-0.1, -0.05) is 18.2 Å². The lowest BCUT2D eigenvalue weighted by molar-refractivity contribution is -0.213. The summed E-state index contributed by atoms with van der Waals surface area (Å²) in [6.45, 7) is 0.677. The average Bonchev–Trinajstić information content (AvgIpc) is 2.28. The lowest BCUT2D eigenvalue weighted by atomic mass is 10.2. The van der Waals surface area contributed by atoms with E-state index in [0.717, 1.165) is 6.08 Å². The summed E-state index contributed by atoms with van der Waals surface area (Å²) in [5.41, 5.74) is 0.550. The topological polar surface area (TPSA) is 76.0 Å². The molecular formula is C12H14O5. The number of aliphatic carboxylic acids is 1. The van der Waals surface area contributed by atoms with Crippen molar-refractivity contribution in [1.29, 1.82) is 0 Å². The maximum absolute atomic E-state index is 10.4. The number of aliphatic hydroxyl groups is 1. The third-order valence-corrected chi connectivity index (χ3v) is 1.86. The van der Waals surface area contributed by atoms with E-state index in [-0.39, 0.29) is 0 Å². The van der Waals surface area contributed by atoms with E-state index in [1.165, 1.54) is 6.08 Å². The van der Waals surface area contributed by atoms with Crippen molar-refractivity contribution in [3.8, 4) is 5.75 Å². The molecule has 5 nitrogen and oxygen atoms in total. The van der Waals surface area contributed by atoms with Crippen LogP contribution in [0.2, 0.25) is 0 Å². The third-order valence-electron chi connectivity index (χ3n) is 1.86. The number of rotatable bonds is 6. The molecule has 1 rings (SSSR count). The average molecular weight is 238 g/mol. The zero-order valence-corrected chi connectivity index (χ0v) is 9.37. The van der Waals surface area contributed by atoms with Gasteiger partial charge in [-0.05, 0) is 19.1 Å². The van der Waals surface area contributed by atoms with Gasteiger partial charge in [0, 0.05) is 11.6 Å². The fourth-order valence-electron chi connectivity index (χ4n) is 1.17. The van der Waals surface area contributed by atoms with Gasteiger partial charge < -0.3 is 19.7 Å². The van der Waals surface area contributed by atoms with Crippen molar-refractivity contribution in [2.24, 2.45) is 0 Å². The largest absolute Gasteiger partial charge is 0.478 e. The Morgan fingerprint density at radius 2 is 2.18 bits per heavy atom. The van der Waals surface area contributed by atoms with Gasteiger partial charge in [-0.25, -0.2) is 4.79 Å². The van der Waals surface area contributed by atoms with E-state index in [0.29, 0.717) is 17.9 Å². The lowest BCUT2D eigenvalue weighted by Gasteiger charge is -2.14.